The highest BCUT2D eigenvalue weighted by Crippen LogP contribution is 2.34. The van der Waals surface area contributed by atoms with Gasteiger partial charge in [-0.2, -0.15) is 18.3 Å². The van der Waals surface area contributed by atoms with Crippen LogP contribution in [0.3, 0.4) is 0 Å². The van der Waals surface area contributed by atoms with E-state index < -0.39 is 17.6 Å². The Morgan fingerprint density at radius 2 is 1.80 bits per heavy atom. The van der Waals surface area contributed by atoms with Gasteiger partial charge >= 0.3 is 6.18 Å². The van der Waals surface area contributed by atoms with E-state index in [0.29, 0.717) is 65.8 Å². The van der Waals surface area contributed by atoms with Crippen molar-refractivity contribution in [2.75, 3.05) is 24.0 Å². The van der Waals surface area contributed by atoms with Gasteiger partial charge in [0.05, 0.1) is 17.0 Å². The summed E-state index contributed by atoms with van der Waals surface area (Å²) in [5, 5.41) is 7.18. The molecule has 182 valence electrons. The molecule has 7 nitrogen and oxygen atoms in total. The smallest absolute Gasteiger partial charge is 0.416 e. The molecule has 2 aromatic carbocycles. The van der Waals surface area contributed by atoms with Crippen molar-refractivity contribution in [2.24, 2.45) is 5.10 Å². The van der Waals surface area contributed by atoms with E-state index in [2.05, 4.69) is 15.8 Å². The lowest BCUT2D eigenvalue weighted by Gasteiger charge is -2.18. The summed E-state index contributed by atoms with van der Waals surface area (Å²) < 4.78 is 56.0. The first kappa shape index (κ1) is 22.8. The number of carbonyl (C=O) groups is 1. The summed E-state index contributed by atoms with van der Waals surface area (Å²) in [5.41, 5.74) is 4.68. The van der Waals surface area contributed by atoms with Crippen LogP contribution in [0.4, 0.5) is 24.5 Å². The second-order valence-corrected chi connectivity index (χ2v) is 8.27. The molecule has 0 saturated carbocycles. The van der Waals surface area contributed by atoms with E-state index in [0.717, 1.165) is 18.6 Å². The summed E-state index contributed by atoms with van der Waals surface area (Å²) >= 11 is 0. The fourth-order valence-electron chi connectivity index (χ4n) is 4.20. The topological polar surface area (TPSA) is 85.1 Å². The molecule has 5 rings (SSSR count). The zero-order valence-electron chi connectivity index (χ0n) is 18.8. The molecule has 1 aliphatic carbocycles. The molecule has 2 N–H and O–H groups in total. The number of carbonyl (C=O) groups excluding carboxylic acids is 1. The average Bonchev–Trinajstić information content (AvgIpc) is 3.19. The van der Waals surface area contributed by atoms with E-state index in [1.54, 1.807) is 25.1 Å². The number of nitrogens with zero attached hydrogens (tertiary/aromatic N) is 1. The first-order valence-electron chi connectivity index (χ1n) is 11.1. The molecule has 3 aromatic rings. The minimum absolute atomic E-state index is 0.165. The molecule has 0 radical (unpaired) electrons. The Labute approximate surface area is 198 Å². The number of hydrogen-bond donors (Lipinski definition) is 2. The number of aryl methyl sites for hydroxylation is 1. The minimum Gasteiger partial charge on any atom is -0.486 e. The number of nitrogens with one attached hydrogen (secondary N) is 2. The van der Waals surface area contributed by atoms with E-state index >= 15 is 0 Å². The zero-order chi connectivity index (χ0) is 24.6. The third-order valence-electron chi connectivity index (χ3n) is 5.84. The van der Waals surface area contributed by atoms with Crippen molar-refractivity contribution in [1.29, 1.82) is 0 Å². The van der Waals surface area contributed by atoms with Gasteiger partial charge in [0.1, 0.15) is 19.0 Å². The molecule has 2 heterocycles. The lowest BCUT2D eigenvalue weighted by molar-refractivity contribution is -0.137. The Morgan fingerprint density at radius 1 is 1.00 bits per heavy atom. The normalized spacial score (nSPS) is 16.1. The van der Waals surface area contributed by atoms with Crippen LogP contribution in [-0.2, 0) is 12.6 Å². The SMILES string of the molecule is Cc1c(C(=O)Nc2ccc3c(c2)OCCO3)oc2c1/C(=N/Nc1cccc(C(F)(F)F)c1)CCC2. The highest BCUT2D eigenvalue weighted by atomic mass is 19.4. The standard InChI is InChI=1S/C25H22F3N3O4/c1-14-22-18(31-30-17-5-2-4-15(12-17)25(26,27)28)6-3-7-20(22)35-23(14)24(32)29-16-8-9-19-21(13-16)34-11-10-33-19/h2,4-5,8-9,12-13,30H,3,6-7,10-11H2,1H3,(H,29,32)/b31-18+. The molecular formula is C25H22F3N3O4. The highest BCUT2D eigenvalue weighted by molar-refractivity contribution is 6.09. The molecule has 0 fully saturated rings. The van der Waals surface area contributed by atoms with E-state index in [4.69, 9.17) is 13.9 Å². The monoisotopic (exact) mass is 485 g/mol. The number of hydrazone groups is 1. The molecule has 10 heteroatoms. The Hall–Kier alpha value is -3.95. The third kappa shape index (κ3) is 4.68. The number of benzene rings is 2. The lowest BCUT2D eigenvalue weighted by Crippen LogP contribution is -2.17. The minimum atomic E-state index is -4.44. The van der Waals surface area contributed by atoms with Crippen molar-refractivity contribution in [1.82, 2.24) is 0 Å². The second kappa shape index (κ2) is 9.01. The van der Waals surface area contributed by atoms with Crippen LogP contribution in [-0.4, -0.2) is 24.8 Å². The van der Waals surface area contributed by atoms with Crippen LogP contribution in [0.25, 0.3) is 0 Å². The predicted octanol–water partition coefficient (Wildman–Crippen LogP) is 5.78. The summed E-state index contributed by atoms with van der Waals surface area (Å²) in [4.78, 5) is 13.0. The second-order valence-electron chi connectivity index (χ2n) is 8.27. The van der Waals surface area contributed by atoms with Crippen molar-refractivity contribution >= 4 is 23.0 Å². The summed E-state index contributed by atoms with van der Waals surface area (Å²) in [5.74, 6) is 1.55. The fraction of sp³-hybridized carbons (Fsp3) is 0.280. The fourth-order valence-corrected chi connectivity index (χ4v) is 4.20. The maximum Gasteiger partial charge on any atom is 0.416 e. The Morgan fingerprint density at radius 3 is 2.60 bits per heavy atom. The van der Waals surface area contributed by atoms with Gasteiger partial charge in [0.15, 0.2) is 17.3 Å². The first-order valence-corrected chi connectivity index (χ1v) is 11.1. The Balaban J connectivity index is 1.37. The molecule has 0 atom stereocenters. The molecule has 0 saturated heterocycles. The van der Waals surface area contributed by atoms with Crippen molar-refractivity contribution in [3.63, 3.8) is 0 Å². The lowest BCUT2D eigenvalue weighted by atomic mass is 9.93. The zero-order valence-corrected chi connectivity index (χ0v) is 18.8. The number of ether oxygens (including phenoxy) is 2. The number of anilines is 2. The van der Waals surface area contributed by atoms with Gasteiger partial charge < -0.3 is 19.2 Å². The molecule has 0 spiro atoms. The Kier molecular flexibility index (Phi) is 5.88. The highest BCUT2D eigenvalue weighted by Gasteiger charge is 2.31. The van der Waals surface area contributed by atoms with Crippen molar-refractivity contribution in [3.8, 4) is 11.5 Å². The number of hydrogen-bond acceptors (Lipinski definition) is 6. The number of furan rings is 1. The van der Waals surface area contributed by atoms with Gasteiger partial charge in [0.25, 0.3) is 5.91 Å². The van der Waals surface area contributed by atoms with Crippen molar-refractivity contribution in [2.45, 2.75) is 32.4 Å². The van der Waals surface area contributed by atoms with E-state index in [1.807, 2.05) is 0 Å². The van der Waals surface area contributed by atoms with Gasteiger partial charge in [0.2, 0.25) is 0 Å². The molecule has 0 unspecified atom stereocenters. The number of alkyl halides is 3. The molecule has 35 heavy (non-hydrogen) atoms. The quantitative estimate of drug-likeness (QED) is 0.458. The third-order valence-corrected chi connectivity index (χ3v) is 5.84. The van der Waals surface area contributed by atoms with Crippen LogP contribution < -0.4 is 20.2 Å². The van der Waals surface area contributed by atoms with Gasteiger partial charge in [0, 0.05) is 29.3 Å². The summed E-state index contributed by atoms with van der Waals surface area (Å²) in [6.07, 6.45) is -2.46. The van der Waals surface area contributed by atoms with Gasteiger partial charge in [-0.05, 0) is 50.1 Å². The summed E-state index contributed by atoms with van der Waals surface area (Å²) in [6, 6.07) is 9.98. The van der Waals surface area contributed by atoms with Crippen molar-refractivity contribution in [3.05, 3.63) is 70.7 Å². The molecule has 1 aliphatic heterocycles. The largest absolute Gasteiger partial charge is 0.486 e. The number of rotatable bonds is 4. The number of halogens is 3. The Bertz CT molecular complexity index is 1310. The van der Waals surface area contributed by atoms with Crippen LogP contribution in [0.5, 0.6) is 11.5 Å². The van der Waals surface area contributed by atoms with E-state index in [9.17, 15) is 18.0 Å². The molecule has 1 amide bonds. The van der Waals surface area contributed by atoms with Crippen LogP contribution >= 0.6 is 0 Å². The van der Waals surface area contributed by atoms with Gasteiger partial charge in [-0.1, -0.05) is 6.07 Å². The van der Waals surface area contributed by atoms with E-state index in [1.165, 1.54) is 12.1 Å². The van der Waals surface area contributed by atoms with Gasteiger partial charge in [-0.3, -0.25) is 10.2 Å². The number of amides is 1. The maximum atomic E-state index is 13.0. The van der Waals surface area contributed by atoms with Crippen LogP contribution in [0, 0.1) is 6.92 Å². The van der Waals surface area contributed by atoms with Gasteiger partial charge in [-0.25, -0.2) is 0 Å². The predicted molar refractivity (Wildman–Crippen MR) is 123 cm³/mol. The first-order chi connectivity index (χ1) is 16.8. The molecule has 0 bridgehead atoms. The molecular weight excluding hydrogens is 463 g/mol. The number of fused-ring (bicyclic) bond motifs is 2. The van der Waals surface area contributed by atoms with E-state index in [-0.39, 0.29) is 11.4 Å². The summed E-state index contributed by atoms with van der Waals surface area (Å²) in [7, 11) is 0. The molecule has 1 aromatic heterocycles. The van der Waals surface area contributed by atoms with Gasteiger partial charge in [-0.15, -0.1) is 0 Å². The van der Waals surface area contributed by atoms with Crippen molar-refractivity contribution < 1.29 is 31.9 Å². The average molecular weight is 485 g/mol. The summed E-state index contributed by atoms with van der Waals surface area (Å²) in [6.45, 7) is 2.68. The van der Waals surface area contributed by atoms with Crippen LogP contribution in [0.1, 0.15) is 45.8 Å². The van der Waals surface area contributed by atoms with Crippen LogP contribution in [0.15, 0.2) is 52.0 Å². The maximum absolute atomic E-state index is 13.0. The van der Waals surface area contributed by atoms with Crippen LogP contribution in [0.2, 0.25) is 0 Å². The molecule has 2 aliphatic rings.